The molecule has 2 N–H and O–H groups in total. The molecule has 0 saturated carbocycles. The molecule has 0 heterocycles. The van der Waals surface area contributed by atoms with E-state index >= 15 is 0 Å². The zero-order valence-electron chi connectivity index (χ0n) is 11.4. The molecule has 1 rings (SSSR count). The first-order valence-corrected chi connectivity index (χ1v) is 6.81. The summed E-state index contributed by atoms with van der Waals surface area (Å²) in [5.41, 5.74) is 0.604. The smallest absolute Gasteiger partial charge is 0.303 e. The molecule has 0 unspecified atom stereocenters. The van der Waals surface area contributed by atoms with Crippen LogP contribution in [0.2, 0.25) is 5.02 Å². The van der Waals surface area contributed by atoms with E-state index in [1.165, 1.54) is 0 Å². The standard InChI is InChI=1S/C14H19ClN2O3/c1-17(9-4-7-14(19)20)10-8-13(18)16-12-6-3-2-5-11(12)15/h2-3,5-6H,4,7-10H2,1H3,(H,16,18)(H,19,20). The van der Waals surface area contributed by atoms with Gasteiger partial charge in [-0.25, -0.2) is 0 Å². The van der Waals surface area contributed by atoms with Gasteiger partial charge in [0.25, 0.3) is 0 Å². The van der Waals surface area contributed by atoms with Gasteiger partial charge in [-0.15, -0.1) is 0 Å². The van der Waals surface area contributed by atoms with Crippen LogP contribution < -0.4 is 5.32 Å². The monoisotopic (exact) mass is 298 g/mol. The second-order valence-electron chi connectivity index (χ2n) is 4.58. The van der Waals surface area contributed by atoms with Gasteiger partial charge in [-0.3, -0.25) is 9.59 Å². The number of amides is 1. The molecule has 0 bridgehead atoms. The van der Waals surface area contributed by atoms with Gasteiger partial charge in [0.1, 0.15) is 0 Å². The van der Waals surface area contributed by atoms with Crippen LogP contribution in [0, 0.1) is 0 Å². The maximum atomic E-state index is 11.8. The number of nitrogens with zero attached hydrogens (tertiary/aromatic N) is 1. The van der Waals surface area contributed by atoms with E-state index < -0.39 is 5.97 Å². The highest BCUT2D eigenvalue weighted by Gasteiger charge is 2.07. The number of nitrogens with one attached hydrogen (secondary N) is 1. The van der Waals surface area contributed by atoms with E-state index in [1.807, 2.05) is 11.9 Å². The molecule has 0 aliphatic heterocycles. The van der Waals surface area contributed by atoms with Crippen molar-refractivity contribution in [3.63, 3.8) is 0 Å². The van der Waals surface area contributed by atoms with E-state index in [0.29, 0.717) is 36.6 Å². The number of carboxylic acids is 1. The first-order valence-electron chi connectivity index (χ1n) is 6.43. The third kappa shape index (κ3) is 6.54. The average Bonchev–Trinajstić information content (AvgIpc) is 2.39. The van der Waals surface area contributed by atoms with Gasteiger partial charge in [0, 0.05) is 19.4 Å². The van der Waals surface area contributed by atoms with Crippen LogP contribution >= 0.6 is 11.6 Å². The predicted octanol–water partition coefficient (Wildman–Crippen LogP) is 2.47. The summed E-state index contributed by atoms with van der Waals surface area (Å²) >= 11 is 5.95. The lowest BCUT2D eigenvalue weighted by molar-refractivity contribution is -0.137. The molecule has 0 atom stereocenters. The van der Waals surface area contributed by atoms with Crippen molar-refractivity contribution in [2.45, 2.75) is 19.3 Å². The molecule has 0 spiro atoms. The highest BCUT2D eigenvalue weighted by Crippen LogP contribution is 2.20. The Bertz CT molecular complexity index is 465. The Morgan fingerprint density at radius 1 is 1.25 bits per heavy atom. The molecule has 1 aromatic carbocycles. The Morgan fingerprint density at radius 2 is 1.95 bits per heavy atom. The van der Waals surface area contributed by atoms with Crippen molar-refractivity contribution in [3.05, 3.63) is 29.3 Å². The molecule has 0 saturated heterocycles. The second-order valence-corrected chi connectivity index (χ2v) is 4.99. The molecule has 110 valence electrons. The molecule has 20 heavy (non-hydrogen) atoms. The fourth-order valence-electron chi connectivity index (χ4n) is 1.68. The molecular formula is C14H19ClN2O3. The minimum Gasteiger partial charge on any atom is -0.481 e. The predicted molar refractivity (Wildman–Crippen MR) is 79.1 cm³/mol. The quantitative estimate of drug-likeness (QED) is 0.773. The van der Waals surface area contributed by atoms with Gasteiger partial charge in [-0.05, 0) is 32.1 Å². The number of carbonyl (C=O) groups excluding carboxylic acids is 1. The van der Waals surface area contributed by atoms with Crippen LogP contribution in [0.4, 0.5) is 5.69 Å². The molecule has 0 aromatic heterocycles. The Balaban J connectivity index is 2.26. The summed E-state index contributed by atoms with van der Waals surface area (Å²) in [5, 5.41) is 11.8. The van der Waals surface area contributed by atoms with Crippen molar-refractivity contribution in [2.75, 3.05) is 25.5 Å². The Kier molecular flexibility index (Phi) is 7.04. The number of hydrogen-bond donors (Lipinski definition) is 2. The first-order chi connectivity index (χ1) is 9.49. The molecule has 1 aromatic rings. The molecule has 0 aliphatic rings. The van der Waals surface area contributed by atoms with Gasteiger partial charge in [-0.2, -0.15) is 0 Å². The van der Waals surface area contributed by atoms with Gasteiger partial charge in [0.15, 0.2) is 0 Å². The summed E-state index contributed by atoms with van der Waals surface area (Å²) in [5.74, 6) is -0.905. The van der Waals surface area contributed by atoms with Gasteiger partial charge in [0.05, 0.1) is 10.7 Å². The summed E-state index contributed by atoms with van der Waals surface area (Å²) in [6.45, 7) is 1.24. The van der Waals surface area contributed by atoms with Gasteiger partial charge in [-0.1, -0.05) is 23.7 Å². The molecular weight excluding hydrogens is 280 g/mol. The van der Waals surface area contributed by atoms with Gasteiger partial charge >= 0.3 is 5.97 Å². The van der Waals surface area contributed by atoms with Crippen molar-refractivity contribution in [2.24, 2.45) is 0 Å². The van der Waals surface area contributed by atoms with Crippen LogP contribution in [0.1, 0.15) is 19.3 Å². The van der Waals surface area contributed by atoms with Crippen molar-refractivity contribution in [3.8, 4) is 0 Å². The number of carboxylic acid groups (broad SMARTS) is 1. The number of carbonyl (C=O) groups is 2. The van der Waals surface area contributed by atoms with E-state index in [0.717, 1.165) is 0 Å². The second kappa shape index (κ2) is 8.55. The van der Waals surface area contributed by atoms with Crippen LogP contribution in [0.3, 0.4) is 0 Å². The summed E-state index contributed by atoms with van der Waals surface area (Å²) in [7, 11) is 1.87. The van der Waals surface area contributed by atoms with Crippen LogP contribution in [0.5, 0.6) is 0 Å². The van der Waals surface area contributed by atoms with E-state index in [4.69, 9.17) is 16.7 Å². The zero-order valence-corrected chi connectivity index (χ0v) is 12.2. The molecule has 0 radical (unpaired) electrons. The Hall–Kier alpha value is -1.59. The number of hydrogen-bond acceptors (Lipinski definition) is 3. The summed E-state index contributed by atoms with van der Waals surface area (Å²) in [6.07, 6.45) is 1.07. The number of benzene rings is 1. The van der Waals surface area contributed by atoms with Crippen LogP contribution in [0.25, 0.3) is 0 Å². The molecule has 6 heteroatoms. The number of para-hydroxylation sites is 1. The summed E-state index contributed by atoms with van der Waals surface area (Å²) in [6, 6.07) is 7.07. The minimum atomic E-state index is -0.796. The maximum Gasteiger partial charge on any atom is 0.303 e. The van der Waals surface area contributed by atoms with E-state index in [1.54, 1.807) is 24.3 Å². The lowest BCUT2D eigenvalue weighted by atomic mass is 10.2. The van der Waals surface area contributed by atoms with Crippen molar-refractivity contribution in [1.82, 2.24) is 4.90 Å². The number of halogens is 1. The lowest BCUT2D eigenvalue weighted by Crippen LogP contribution is -2.25. The molecule has 5 nitrogen and oxygen atoms in total. The van der Waals surface area contributed by atoms with E-state index in [-0.39, 0.29) is 12.3 Å². The molecule has 0 fully saturated rings. The summed E-state index contributed by atoms with van der Waals surface area (Å²) < 4.78 is 0. The SMILES string of the molecule is CN(CCCC(=O)O)CCC(=O)Nc1ccccc1Cl. The third-order valence-electron chi connectivity index (χ3n) is 2.80. The normalized spacial score (nSPS) is 10.6. The maximum absolute atomic E-state index is 11.8. The van der Waals surface area contributed by atoms with E-state index in [9.17, 15) is 9.59 Å². The third-order valence-corrected chi connectivity index (χ3v) is 3.13. The molecule has 1 amide bonds. The summed E-state index contributed by atoms with van der Waals surface area (Å²) in [4.78, 5) is 24.1. The van der Waals surface area contributed by atoms with Crippen molar-refractivity contribution in [1.29, 1.82) is 0 Å². The number of aliphatic carboxylic acids is 1. The molecule has 0 aliphatic carbocycles. The van der Waals surface area contributed by atoms with Crippen LogP contribution in [-0.4, -0.2) is 42.0 Å². The highest BCUT2D eigenvalue weighted by atomic mass is 35.5. The minimum absolute atomic E-state index is 0.108. The highest BCUT2D eigenvalue weighted by molar-refractivity contribution is 6.33. The average molecular weight is 299 g/mol. The Labute approximate surface area is 123 Å². The van der Waals surface area contributed by atoms with Crippen molar-refractivity contribution >= 4 is 29.2 Å². The van der Waals surface area contributed by atoms with Gasteiger partial charge in [0.2, 0.25) is 5.91 Å². The van der Waals surface area contributed by atoms with Crippen LogP contribution in [0.15, 0.2) is 24.3 Å². The van der Waals surface area contributed by atoms with Crippen LogP contribution in [-0.2, 0) is 9.59 Å². The first kappa shape index (κ1) is 16.5. The largest absolute Gasteiger partial charge is 0.481 e. The Morgan fingerprint density at radius 3 is 2.60 bits per heavy atom. The number of rotatable bonds is 8. The number of anilines is 1. The van der Waals surface area contributed by atoms with Gasteiger partial charge < -0.3 is 15.3 Å². The topological polar surface area (TPSA) is 69.6 Å². The fraction of sp³-hybridized carbons (Fsp3) is 0.429. The van der Waals surface area contributed by atoms with Crippen molar-refractivity contribution < 1.29 is 14.7 Å². The zero-order chi connectivity index (χ0) is 15.0. The van der Waals surface area contributed by atoms with E-state index in [2.05, 4.69) is 5.32 Å². The lowest BCUT2D eigenvalue weighted by Gasteiger charge is -2.15. The fourth-order valence-corrected chi connectivity index (χ4v) is 1.86.